The van der Waals surface area contributed by atoms with E-state index in [0.29, 0.717) is 11.3 Å². The fraction of sp³-hybridized carbons (Fsp3) is 0.167. The molecule has 2 aromatic heterocycles. The third-order valence-corrected chi connectivity index (χ3v) is 4.19. The SMILES string of the molecule is COc1ccc(-c2ccn3c2c(O)c(C(=O)NCC(=O)O)c(=O)n3C)cc1. The van der Waals surface area contributed by atoms with Crippen LogP contribution in [0.25, 0.3) is 16.6 Å². The molecule has 0 bridgehead atoms. The lowest BCUT2D eigenvalue weighted by molar-refractivity contribution is -0.135. The number of hydrogen-bond donors (Lipinski definition) is 3. The molecule has 0 aliphatic heterocycles. The molecular weight excluding hydrogens is 354 g/mol. The molecule has 0 aliphatic carbocycles. The van der Waals surface area contributed by atoms with Crippen LogP contribution in [0.3, 0.4) is 0 Å². The van der Waals surface area contributed by atoms with E-state index in [-0.39, 0.29) is 5.52 Å². The summed E-state index contributed by atoms with van der Waals surface area (Å²) in [5.74, 6) is -2.08. The smallest absolute Gasteiger partial charge is 0.322 e. The fourth-order valence-corrected chi connectivity index (χ4v) is 2.84. The van der Waals surface area contributed by atoms with Crippen molar-refractivity contribution in [2.24, 2.45) is 7.05 Å². The number of aryl methyl sites for hydroxylation is 1. The molecule has 0 atom stereocenters. The quantitative estimate of drug-likeness (QED) is 0.611. The van der Waals surface area contributed by atoms with Gasteiger partial charge in [0, 0.05) is 18.8 Å². The second kappa shape index (κ2) is 6.87. The lowest BCUT2D eigenvalue weighted by Crippen LogP contribution is -2.36. The van der Waals surface area contributed by atoms with E-state index < -0.39 is 35.3 Å². The number of aromatic hydroxyl groups is 1. The maximum atomic E-state index is 12.5. The second-order valence-electron chi connectivity index (χ2n) is 5.78. The van der Waals surface area contributed by atoms with Gasteiger partial charge in [-0.1, -0.05) is 12.1 Å². The largest absolute Gasteiger partial charge is 0.505 e. The number of carbonyl (C=O) groups is 2. The van der Waals surface area contributed by atoms with Crippen LogP contribution in [0.4, 0.5) is 0 Å². The molecule has 0 fully saturated rings. The molecule has 1 amide bonds. The van der Waals surface area contributed by atoms with Crippen LogP contribution in [0.2, 0.25) is 0 Å². The minimum Gasteiger partial charge on any atom is -0.505 e. The van der Waals surface area contributed by atoms with Crippen LogP contribution in [-0.4, -0.2) is 44.9 Å². The van der Waals surface area contributed by atoms with Gasteiger partial charge in [0.1, 0.15) is 23.4 Å². The average molecular weight is 371 g/mol. The predicted octanol–water partition coefficient (Wildman–Crippen LogP) is 0.834. The molecule has 0 radical (unpaired) electrons. The zero-order chi connectivity index (χ0) is 19.7. The maximum absolute atomic E-state index is 12.5. The van der Waals surface area contributed by atoms with E-state index in [0.717, 1.165) is 10.2 Å². The van der Waals surface area contributed by atoms with Crippen LogP contribution in [0, 0.1) is 0 Å². The number of methoxy groups -OCH3 is 1. The molecule has 27 heavy (non-hydrogen) atoms. The summed E-state index contributed by atoms with van der Waals surface area (Å²) in [5, 5.41) is 21.5. The number of carboxylic acid groups (broad SMARTS) is 1. The Balaban J connectivity index is 2.20. The maximum Gasteiger partial charge on any atom is 0.322 e. The number of benzene rings is 1. The predicted molar refractivity (Wildman–Crippen MR) is 96.3 cm³/mol. The first-order chi connectivity index (χ1) is 12.8. The summed E-state index contributed by atoms with van der Waals surface area (Å²) in [6.45, 7) is -0.668. The van der Waals surface area contributed by atoms with E-state index in [1.807, 2.05) is 0 Å². The number of aromatic nitrogens is 2. The van der Waals surface area contributed by atoms with Gasteiger partial charge in [0.15, 0.2) is 5.75 Å². The minimum atomic E-state index is -1.26. The zero-order valence-electron chi connectivity index (χ0n) is 14.6. The van der Waals surface area contributed by atoms with Crippen molar-refractivity contribution in [1.82, 2.24) is 14.5 Å². The Morgan fingerprint density at radius 3 is 2.44 bits per heavy atom. The van der Waals surface area contributed by atoms with E-state index >= 15 is 0 Å². The van der Waals surface area contributed by atoms with Gasteiger partial charge in [-0.2, -0.15) is 0 Å². The van der Waals surface area contributed by atoms with Gasteiger partial charge >= 0.3 is 5.97 Å². The summed E-state index contributed by atoms with van der Waals surface area (Å²) in [6, 6.07) is 8.76. The van der Waals surface area contributed by atoms with Gasteiger partial charge in [0.05, 0.1) is 7.11 Å². The normalized spacial score (nSPS) is 10.7. The van der Waals surface area contributed by atoms with Crippen molar-refractivity contribution >= 4 is 17.4 Å². The number of carbonyl (C=O) groups excluding carboxylic acids is 1. The van der Waals surface area contributed by atoms with Crippen molar-refractivity contribution in [2.75, 3.05) is 13.7 Å². The molecule has 0 spiro atoms. The first kappa shape index (κ1) is 18.1. The van der Waals surface area contributed by atoms with Crippen LogP contribution in [-0.2, 0) is 11.8 Å². The van der Waals surface area contributed by atoms with E-state index in [9.17, 15) is 19.5 Å². The Hall–Kier alpha value is -3.75. The molecule has 3 rings (SSSR count). The molecule has 0 saturated carbocycles. The third kappa shape index (κ3) is 3.10. The van der Waals surface area contributed by atoms with Crippen molar-refractivity contribution in [3.05, 3.63) is 52.4 Å². The Morgan fingerprint density at radius 1 is 1.19 bits per heavy atom. The highest BCUT2D eigenvalue weighted by atomic mass is 16.5. The van der Waals surface area contributed by atoms with Crippen molar-refractivity contribution in [3.63, 3.8) is 0 Å². The van der Waals surface area contributed by atoms with Crippen LogP contribution in [0.5, 0.6) is 11.5 Å². The summed E-state index contributed by atoms with van der Waals surface area (Å²) >= 11 is 0. The Labute approximate surface area is 153 Å². The van der Waals surface area contributed by atoms with Gasteiger partial charge in [0.2, 0.25) is 0 Å². The lowest BCUT2D eigenvalue weighted by Gasteiger charge is -2.12. The highest BCUT2D eigenvalue weighted by Gasteiger charge is 2.24. The number of rotatable bonds is 5. The fourth-order valence-electron chi connectivity index (χ4n) is 2.84. The monoisotopic (exact) mass is 371 g/mol. The summed E-state index contributed by atoms with van der Waals surface area (Å²) in [6.07, 6.45) is 1.59. The summed E-state index contributed by atoms with van der Waals surface area (Å²) in [4.78, 5) is 35.4. The molecule has 9 nitrogen and oxygen atoms in total. The first-order valence-electron chi connectivity index (χ1n) is 7.93. The molecule has 3 N–H and O–H groups in total. The minimum absolute atomic E-state index is 0.253. The van der Waals surface area contributed by atoms with Crippen molar-refractivity contribution < 1.29 is 24.5 Å². The Kier molecular flexibility index (Phi) is 4.59. The number of amides is 1. The number of carboxylic acids is 1. The second-order valence-corrected chi connectivity index (χ2v) is 5.78. The number of fused-ring (bicyclic) bond motifs is 1. The van der Waals surface area contributed by atoms with Crippen LogP contribution >= 0.6 is 0 Å². The number of nitrogens with one attached hydrogen (secondary N) is 1. The Morgan fingerprint density at radius 2 is 1.85 bits per heavy atom. The Bertz CT molecular complexity index is 1090. The lowest BCUT2D eigenvalue weighted by atomic mass is 10.1. The highest BCUT2D eigenvalue weighted by Crippen LogP contribution is 2.33. The van der Waals surface area contributed by atoms with Gasteiger partial charge in [-0.3, -0.25) is 18.9 Å². The number of aliphatic carboxylic acids is 1. The summed E-state index contributed by atoms with van der Waals surface area (Å²) in [7, 11) is 2.99. The molecule has 140 valence electrons. The van der Waals surface area contributed by atoms with E-state index in [1.165, 1.54) is 11.6 Å². The van der Waals surface area contributed by atoms with Crippen LogP contribution < -0.4 is 15.6 Å². The third-order valence-electron chi connectivity index (χ3n) is 4.19. The molecule has 2 heterocycles. The van der Waals surface area contributed by atoms with Crippen molar-refractivity contribution in [3.8, 4) is 22.6 Å². The number of hydrogen-bond acceptors (Lipinski definition) is 5. The molecule has 1 aromatic carbocycles. The van der Waals surface area contributed by atoms with Crippen LogP contribution in [0.15, 0.2) is 41.3 Å². The first-order valence-corrected chi connectivity index (χ1v) is 7.93. The van der Waals surface area contributed by atoms with E-state index in [2.05, 4.69) is 5.32 Å². The van der Waals surface area contributed by atoms with Gasteiger partial charge < -0.3 is 20.3 Å². The molecule has 0 unspecified atom stereocenters. The standard InChI is InChI=1S/C18H17N3O6/c1-20-18(26)14(17(25)19-9-13(22)23)16(24)15-12(7-8-21(15)20)10-3-5-11(27-2)6-4-10/h3-8,24H,9H2,1-2H3,(H,19,25)(H,22,23). The number of nitrogens with zero attached hydrogens (tertiary/aromatic N) is 2. The molecule has 9 heteroatoms. The molecule has 0 saturated heterocycles. The average Bonchev–Trinajstić information content (AvgIpc) is 3.10. The summed E-state index contributed by atoms with van der Waals surface area (Å²) in [5.41, 5.74) is 0.324. The van der Waals surface area contributed by atoms with Gasteiger partial charge in [0.25, 0.3) is 11.5 Å². The van der Waals surface area contributed by atoms with E-state index in [4.69, 9.17) is 9.84 Å². The topological polar surface area (TPSA) is 122 Å². The number of ether oxygens (including phenoxy) is 1. The molecule has 3 aromatic rings. The molecule has 0 aliphatic rings. The van der Waals surface area contributed by atoms with Gasteiger partial charge in [-0.05, 0) is 23.8 Å². The summed E-state index contributed by atoms with van der Waals surface area (Å²) < 4.78 is 7.71. The van der Waals surface area contributed by atoms with Gasteiger partial charge in [-0.25, -0.2) is 4.68 Å². The van der Waals surface area contributed by atoms with Gasteiger partial charge in [-0.15, -0.1) is 0 Å². The zero-order valence-corrected chi connectivity index (χ0v) is 14.6. The van der Waals surface area contributed by atoms with Crippen LogP contribution in [0.1, 0.15) is 10.4 Å². The van der Waals surface area contributed by atoms with E-state index in [1.54, 1.807) is 43.6 Å². The highest BCUT2D eigenvalue weighted by molar-refractivity contribution is 6.01. The van der Waals surface area contributed by atoms with Crippen molar-refractivity contribution in [2.45, 2.75) is 0 Å². The van der Waals surface area contributed by atoms with Crippen molar-refractivity contribution in [1.29, 1.82) is 0 Å². The molecular formula is C18H17N3O6.